The second-order valence-corrected chi connectivity index (χ2v) is 6.77. The van der Waals surface area contributed by atoms with Crippen LogP contribution in [0.5, 0.6) is 0 Å². The molecule has 0 bridgehead atoms. The lowest BCUT2D eigenvalue weighted by molar-refractivity contribution is 0.0356. The van der Waals surface area contributed by atoms with E-state index in [2.05, 4.69) is 53.4 Å². The molecule has 134 valence electrons. The van der Waals surface area contributed by atoms with Crippen LogP contribution in [0, 0.1) is 0 Å². The first kappa shape index (κ1) is 18.1. The molecule has 3 heteroatoms. The van der Waals surface area contributed by atoms with E-state index < -0.39 is 0 Å². The Hall–Kier alpha value is -1.68. The van der Waals surface area contributed by atoms with Gasteiger partial charge >= 0.3 is 0 Å². The fraction of sp³-hybridized carbons (Fsp3) is 0.455. The van der Waals surface area contributed by atoms with Crippen LogP contribution in [-0.4, -0.2) is 42.4 Å². The van der Waals surface area contributed by atoms with E-state index in [1.807, 2.05) is 12.1 Å². The van der Waals surface area contributed by atoms with E-state index in [4.69, 9.17) is 4.74 Å². The van der Waals surface area contributed by atoms with Crippen LogP contribution in [0.4, 0.5) is 0 Å². The number of rotatable bonds is 8. The molecule has 2 aromatic rings. The molecule has 1 unspecified atom stereocenters. The smallest absolute Gasteiger partial charge is 0.108 e. The summed E-state index contributed by atoms with van der Waals surface area (Å²) >= 11 is 0. The highest BCUT2D eigenvalue weighted by molar-refractivity contribution is 5.29. The van der Waals surface area contributed by atoms with Gasteiger partial charge in [0.15, 0.2) is 0 Å². The van der Waals surface area contributed by atoms with E-state index >= 15 is 0 Å². The molecule has 1 aliphatic heterocycles. The van der Waals surface area contributed by atoms with Crippen LogP contribution < -0.4 is 0 Å². The molecular weight excluding hydrogens is 310 g/mol. The predicted octanol–water partition coefficient (Wildman–Crippen LogP) is 4.03. The zero-order chi connectivity index (χ0) is 17.3. The van der Waals surface area contributed by atoms with Gasteiger partial charge in [-0.3, -0.25) is 4.90 Å². The number of aliphatic hydroxyl groups is 1. The average Bonchev–Trinajstić information content (AvgIpc) is 2.68. The maximum absolute atomic E-state index is 9.29. The fourth-order valence-electron chi connectivity index (χ4n) is 3.76. The lowest BCUT2D eigenvalue weighted by Gasteiger charge is -2.35. The van der Waals surface area contributed by atoms with Crippen molar-refractivity contribution in [1.82, 2.24) is 4.90 Å². The highest BCUT2D eigenvalue weighted by Crippen LogP contribution is 2.26. The number of hydrogen-bond donors (Lipinski definition) is 1. The van der Waals surface area contributed by atoms with Gasteiger partial charge in [0.05, 0.1) is 6.61 Å². The number of hydrogen-bond acceptors (Lipinski definition) is 3. The Morgan fingerprint density at radius 2 is 1.60 bits per heavy atom. The SMILES string of the molecule is OCCC1CCCCN1CCOC(c1ccccc1)c1ccccc1. The molecule has 0 aromatic heterocycles. The summed E-state index contributed by atoms with van der Waals surface area (Å²) in [5, 5.41) is 9.29. The minimum atomic E-state index is -0.0246. The van der Waals surface area contributed by atoms with Crippen molar-refractivity contribution in [3.63, 3.8) is 0 Å². The van der Waals surface area contributed by atoms with Crippen LogP contribution in [0.25, 0.3) is 0 Å². The number of piperidine rings is 1. The minimum Gasteiger partial charge on any atom is -0.396 e. The van der Waals surface area contributed by atoms with Gasteiger partial charge in [0.25, 0.3) is 0 Å². The number of nitrogens with zero attached hydrogens (tertiary/aromatic N) is 1. The second-order valence-electron chi connectivity index (χ2n) is 6.77. The summed E-state index contributed by atoms with van der Waals surface area (Å²) in [4.78, 5) is 2.49. The van der Waals surface area contributed by atoms with Crippen LogP contribution in [0.15, 0.2) is 60.7 Å². The molecular formula is C22H29NO2. The Balaban J connectivity index is 1.63. The van der Waals surface area contributed by atoms with Gasteiger partial charge in [0, 0.05) is 19.2 Å². The van der Waals surface area contributed by atoms with Crippen molar-refractivity contribution in [2.24, 2.45) is 0 Å². The fourth-order valence-corrected chi connectivity index (χ4v) is 3.76. The molecule has 3 rings (SSSR count). The first-order valence-electron chi connectivity index (χ1n) is 9.45. The third kappa shape index (κ3) is 5.15. The lowest BCUT2D eigenvalue weighted by atomic mass is 9.99. The molecule has 25 heavy (non-hydrogen) atoms. The molecule has 1 saturated heterocycles. The van der Waals surface area contributed by atoms with Crippen molar-refractivity contribution in [1.29, 1.82) is 0 Å². The number of likely N-dealkylation sites (tertiary alicyclic amines) is 1. The van der Waals surface area contributed by atoms with Crippen molar-refractivity contribution in [2.45, 2.75) is 37.8 Å². The highest BCUT2D eigenvalue weighted by atomic mass is 16.5. The predicted molar refractivity (Wildman–Crippen MR) is 102 cm³/mol. The van der Waals surface area contributed by atoms with Gasteiger partial charge < -0.3 is 9.84 Å². The van der Waals surface area contributed by atoms with E-state index in [1.165, 1.54) is 30.4 Å². The van der Waals surface area contributed by atoms with Gasteiger partial charge in [0.1, 0.15) is 6.10 Å². The Labute approximate surface area is 151 Å². The standard InChI is InChI=1S/C22H29NO2/c24-17-14-21-13-7-8-15-23(21)16-18-25-22(19-9-3-1-4-10-19)20-11-5-2-6-12-20/h1-6,9-12,21-22,24H,7-8,13-18H2. The van der Waals surface area contributed by atoms with Crippen molar-refractivity contribution >= 4 is 0 Å². The van der Waals surface area contributed by atoms with Crippen molar-refractivity contribution in [2.75, 3.05) is 26.3 Å². The number of ether oxygens (including phenoxy) is 1. The Morgan fingerprint density at radius 3 is 2.20 bits per heavy atom. The van der Waals surface area contributed by atoms with Crippen molar-refractivity contribution < 1.29 is 9.84 Å². The van der Waals surface area contributed by atoms with Gasteiger partial charge in [-0.25, -0.2) is 0 Å². The topological polar surface area (TPSA) is 32.7 Å². The third-order valence-electron chi connectivity index (χ3n) is 5.08. The van der Waals surface area contributed by atoms with Crippen LogP contribution in [-0.2, 0) is 4.74 Å². The molecule has 1 atom stereocenters. The average molecular weight is 339 g/mol. The summed E-state index contributed by atoms with van der Waals surface area (Å²) in [6.45, 7) is 3.03. The van der Waals surface area contributed by atoms with E-state index in [9.17, 15) is 5.11 Å². The molecule has 1 aliphatic rings. The second kappa shape index (κ2) is 9.71. The molecule has 3 nitrogen and oxygen atoms in total. The minimum absolute atomic E-state index is 0.0246. The summed E-state index contributed by atoms with van der Waals surface area (Å²) < 4.78 is 6.34. The summed E-state index contributed by atoms with van der Waals surface area (Å²) in [6, 6.07) is 21.4. The van der Waals surface area contributed by atoms with Gasteiger partial charge in [-0.05, 0) is 36.9 Å². The maximum Gasteiger partial charge on any atom is 0.108 e. The highest BCUT2D eigenvalue weighted by Gasteiger charge is 2.22. The summed E-state index contributed by atoms with van der Waals surface area (Å²) in [7, 11) is 0. The number of benzene rings is 2. The van der Waals surface area contributed by atoms with Gasteiger partial charge in [0.2, 0.25) is 0 Å². The zero-order valence-corrected chi connectivity index (χ0v) is 14.9. The van der Waals surface area contributed by atoms with E-state index in [-0.39, 0.29) is 12.7 Å². The molecule has 0 amide bonds. The molecule has 2 aromatic carbocycles. The monoisotopic (exact) mass is 339 g/mol. The van der Waals surface area contributed by atoms with Crippen LogP contribution in [0.3, 0.4) is 0 Å². The lowest BCUT2D eigenvalue weighted by Crippen LogP contribution is -2.42. The zero-order valence-electron chi connectivity index (χ0n) is 14.9. The van der Waals surface area contributed by atoms with Crippen molar-refractivity contribution in [3.05, 3.63) is 71.8 Å². The summed E-state index contributed by atoms with van der Waals surface area (Å²) in [6.07, 6.45) is 4.58. The van der Waals surface area contributed by atoms with Crippen molar-refractivity contribution in [3.8, 4) is 0 Å². The first-order valence-corrected chi connectivity index (χ1v) is 9.45. The molecule has 1 N–H and O–H groups in total. The largest absolute Gasteiger partial charge is 0.396 e. The van der Waals surface area contributed by atoms with E-state index in [0.717, 1.165) is 19.5 Å². The summed E-state index contributed by atoms with van der Waals surface area (Å²) in [5.41, 5.74) is 2.39. The summed E-state index contributed by atoms with van der Waals surface area (Å²) in [5.74, 6) is 0. The van der Waals surface area contributed by atoms with Crippen LogP contribution >= 0.6 is 0 Å². The van der Waals surface area contributed by atoms with Crippen LogP contribution in [0.2, 0.25) is 0 Å². The quantitative estimate of drug-likeness (QED) is 0.788. The van der Waals surface area contributed by atoms with Gasteiger partial charge in [-0.2, -0.15) is 0 Å². The van der Waals surface area contributed by atoms with Crippen LogP contribution in [0.1, 0.15) is 42.9 Å². The van der Waals surface area contributed by atoms with Gasteiger partial charge in [-0.1, -0.05) is 67.1 Å². The normalized spacial score (nSPS) is 18.6. The molecule has 0 radical (unpaired) electrons. The Morgan fingerprint density at radius 1 is 0.960 bits per heavy atom. The maximum atomic E-state index is 9.29. The molecule has 0 spiro atoms. The first-order chi connectivity index (χ1) is 12.4. The Kier molecular flexibility index (Phi) is 7.04. The van der Waals surface area contributed by atoms with E-state index in [1.54, 1.807) is 0 Å². The Bertz CT molecular complexity index is 560. The van der Waals surface area contributed by atoms with Gasteiger partial charge in [-0.15, -0.1) is 0 Å². The number of aliphatic hydroxyl groups excluding tert-OH is 1. The third-order valence-corrected chi connectivity index (χ3v) is 5.08. The molecule has 1 fully saturated rings. The molecule has 1 heterocycles. The van der Waals surface area contributed by atoms with E-state index in [0.29, 0.717) is 12.6 Å². The molecule has 0 saturated carbocycles. The molecule has 0 aliphatic carbocycles.